The van der Waals surface area contributed by atoms with Gasteiger partial charge in [0.05, 0.1) is 17.1 Å². The monoisotopic (exact) mass is 289 g/mol. The van der Waals surface area contributed by atoms with E-state index in [-0.39, 0.29) is 17.9 Å². The van der Waals surface area contributed by atoms with Crippen molar-refractivity contribution in [3.05, 3.63) is 64.0 Å². The van der Waals surface area contributed by atoms with Crippen LogP contribution in [0.3, 0.4) is 0 Å². The number of nitrogens with zero attached hydrogens (tertiary/aromatic N) is 1. The maximum atomic E-state index is 13.9. The van der Waals surface area contributed by atoms with Gasteiger partial charge in [-0.3, -0.25) is 10.1 Å². The van der Waals surface area contributed by atoms with Gasteiger partial charge in [0.1, 0.15) is 5.82 Å². The number of halogens is 1. The second kappa shape index (κ2) is 6.13. The first-order chi connectivity index (χ1) is 10.0. The summed E-state index contributed by atoms with van der Waals surface area (Å²) in [6, 6.07) is 9.83. The van der Waals surface area contributed by atoms with Crippen LogP contribution in [0, 0.1) is 15.9 Å². The zero-order chi connectivity index (χ0) is 15.4. The Hall–Kier alpha value is -2.76. The fraction of sp³-hybridized carbons (Fsp3) is 0.133. The van der Waals surface area contributed by atoms with Crippen LogP contribution in [0.5, 0.6) is 0 Å². The Labute approximate surface area is 120 Å². The third-order valence-electron chi connectivity index (χ3n) is 2.88. The van der Waals surface area contributed by atoms with Crippen molar-refractivity contribution in [2.45, 2.75) is 6.92 Å². The Morgan fingerprint density at radius 1 is 1.19 bits per heavy atom. The summed E-state index contributed by atoms with van der Waals surface area (Å²) in [6.45, 7) is 1.81. The van der Waals surface area contributed by atoms with Crippen LogP contribution in [-0.2, 0) is 4.74 Å². The summed E-state index contributed by atoms with van der Waals surface area (Å²) in [7, 11) is 0. The average Bonchev–Trinajstić information content (AvgIpc) is 2.47. The molecule has 0 amide bonds. The fourth-order valence-corrected chi connectivity index (χ4v) is 1.84. The van der Waals surface area contributed by atoms with Crippen molar-refractivity contribution < 1.29 is 18.8 Å². The smallest absolute Gasteiger partial charge is 0.341 e. The first-order valence-corrected chi connectivity index (χ1v) is 6.24. The van der Waals surface area contributed by atoms with Gasteiger partial charge in [0.2, 0.25) is 0 Å². The lowest BCUT2D eigenvalue weighted by molar-refractivity contribution is -0.384. The minimum atomic E-state index is -0.717. The molecule has 0 saturated carbocycles. The van der Waals surface area contributed by atoms with E-state index in [9.17, 15) is 19.3 Å². The highest BCUT2D eigenvalue weighted by molar-refractivity contribution is 5.90. The number of nitro groups is 1. The maximum absolute atomic E-state index is 13.9. The van der Waals surface area contributed by atoms with Gasteiger partial charge in [-0.15, -0.1) is 0 Å². The lowest BCUT2D eigenvalue weighted by Gasteiger charge is -2.06. The van der Waals surface area contributed by atoms with Crippen molar-refractivity contribution in [2.24, 2.45) is 0 Å². The molecule has 0 aliphatic carbocycles. The lowest BCUT2D eigenvalue weighted by Crippen LogP contribution is -2.07. The van der Waals surface area contributed by atoms with E-state index in [0.717, 1.165) is 0 Å². The predicted octanol–water partition coefficient (Wildman–Crippen LogP) is 3.58. The van der Waals surface area contributed by atoms with Gasteiger partial charge in [0.15, 0.2) is 0 Å². The zero-order valence-electron chi connectivity index (χ0n) is 11.2. The van der Waals surface area contributed by atoms with Crippen LogP contribution in [0.4, 0.5) is 10.1 Å². The van der Waals surface area contributed by atoms with Crippen LogP contribution in [0.1, 0.15) is 17.3 Å². The molecule has 21 heavy (non-hydrogen) atoms. The molecular formula is C15H12FNO4. The van der Waals surface area contributed by atoms with E-state index >= 15 is 0 Å². The molecule has 0 fully saturated rings. The molecule has 0 aliphatic heterocycles. The number of hydrogen-bond acceptors (Lipinski definition) is 4. The van der Waals surface area contributed by atoms with Crippen molar-refractivity contribution in [1.29, 1.82) is 0 Å². The third kappa shape index (κ3) is 3.22. The summed E-state index contributed by atoms with van der Waals surface area (Å²) in [6.07, 6.45) is 0. The van der Waals surface area contributed by atoms with Gasteiger partial charge in [-0.25, -0.2) is 9.18 Å². The van der Waals surface area contributed by atoms with E-state index in [0.29, 0.717) is 11.1 Å². The van der Waals surface area contributed by atoms with E-state index in [1.54, 1.807) is 13.0 Å². The van der Waals surface area contributed by atoms with Gasteiger partial charge in [-0.05, 0) is 42.3 Å². The van der Waals surface area contributed by atoms with Crippen molar-refractivity contribution >= 4 is 11.7 Å². The van der Waals surface area contributed by atoms with E-state index < -0.39 is 16.7 Å². The topological polar surface area (TPSA) is 69.4 Å². The first-order valence-electron chi connectivity index (χ1n) is 6.24. The summed E-state index contributed by atoms with van der Waals surface area (Å²) in [5.41, 5.74) is 0.968. The molecule has 2 aromatic rings. The molecule has 0 saturated heterocycles. The second-order valence-corrected chi connectivity index (χ2v) is 4.22. The summed E-state index contributed by atoms with van der Waals surface area (Å²) in [5.74, 6) is -1.41. The number of non-ortho nitro benzene ring substituents is 1. The van der Waals surface area contributed by atoms with E-state index in [4.69, 9.17) is 4.74 Å². The number of ether oxygens (including phenoxy) is 1. The summed E-state index contributed by atoms with van der Waals surface area (Å²) >= 11 is 0. The number of carbonyl (C=O) groups excluding carboxylic acids is 1. The summed E-state index contributed by atoms with van der Waals surface area (Å²) < 4.78 is 18.7. The molecule has 0 aromatic heterocycles. The number of rotatable bonds is 4. The van der Waals surface area contributed by atoms with Gasteiger partial charge in [0.25, 0.3) is 5.69 Å². The van der Waals surface area contributed by atoms with E-state index in [2.05, 4.69) is 0 Å². The van der Waals surface area contributed by atoms with Gasteiger partial charge >= 0.3 is 5.97 Å². The van der Waals surface area contributed by atoms with Crippen molar-refractivity contribution in [3.63, 3.8) is 0 Å². The molecule has 0 atom stereocenters. The van der Waals surface area contributed by atoms with Crippen LogP contribution in [0.2, 0.25) is 0 Å². The van der Waals surface area contributed by atoms with Crippen LogP contribution >= 0.6 is 0 Å². The summed E-state index contributed by atoms with van der Waals surface area (Å²) in [4.78, 5) is 21.6. The normalized spacial score (nSPS) is 10.2. The maximum Gasteiger partial charge on any atom is 0.341 e. The Balaban J connectivity index is 2.31. The lowest BCUT2D eigenvalue weighted by atomic mass is 10.0. The number of nitro benzene ring substituents is 1. The first kappa shape index (κ1) is 14.6. The van der Waals surface area contributed by atoms with Gasteiger partial charge < -0.3 is 4.74 Å². The highest BCUT2D eigenvalue weighted by Gasteiger charge is 2.14. The Bertz CT molecular complexity index is 683. The quantitative estimate of drug-likeness (QED) is 0.490. The Morgan fingerprint density at radius 3 is 2.33 bits per heavy atom. The SMILES string of the molecule is CCOC(=O)c1ccc(-c2ccc([N+](=O)[O-])cc2)cc1F. The Morgan fingerprint density at radius 2 is 1.81 bits per heavy atom. The largest absolute Gasteiger partial charge is 0.462 e. The minimum absolute atomic E-state index is 0.0395. The van der Waals surface area contributed by atoms with Crippen molar-refractivity contribution in [1.82, 2.24) is 0 Å². The molecule has 0 heterocycles. The molecule has 0 unspecified atom stereocenters. The third-order valence-corrected chi connectivity index (χ3v) is 2.88. The van der Waals surface area contributed by atoms with E-state index in [1.165, 1.54) is 36.4 Å². The van der Waals surface area contributed by atoms with E-state index in [1.807, 2.05) is 0 Å². The molecule has 0 aliphatic rings. The van der Waals surface area contributed by atoms with Crippen LogP contribution in [0.25, 0.3) is 11.1 Å². The zero-order valence-corrected chi connectivity index (χ0v) is 11.2. The molecular weight excluding hydrogens is 277 g/mol. The predicted molar refractivity (Wildman–Crippen MR) is 74.4 cm³/mol. The van der Waals surface area contributed by atoms with Crippen LogP contribution in [-0.4, -0.2) is 17.5 Å². The van der Waals surface area contributed by atoms with Gasteiger partial charge in [-0.1, -0.05) is 6.07 Å². The number of carbonyl (C=O) groups is 1. The highest BCUT2D eigenvalue weighted by Crippen LogP contribution is 2.24. The second-order valence-electron chi connectivity index (χ2n) is 4.22. The van der Waals surface area contributed by atoms with Crippen LogP contribution < -0.4 is 0 Å². The van der Waals surface area contributed by atoms with Crippen molar-refractivity contribution in [3.8, 4) is 11.1 Å². The Kier molecular flexibility index (Phi) is 4.27. The highest BCUT2D eigenvalue weighted by atomic mass is 19.1. The number of benzene rings is 2. The summed E-state index contributed by atoms with van der Waals surface area (Å²) in [5, 5.41) is 10.6. The molecule has 0 bridgehead atoms. The molecule has 0 N–H and O–H groups in total. The minimum Gasteiger partial charge on any atom is -0.462 e. The van der Waals surface area contributed by atoms with Crippen molar-refractivity contribution in [2.75, 3.05) is 6.61 Å². The number of hydrogen-bond donors (Lipinski definition) is 0. The molecule has 0 spiro atoms. The molecule has 2 aromatic carbocycles. The number of esters is 1. The van der Waals surface area contributed by atoms with Crippen LogP contribution in [0.15, 0.2) is 42.5 Å². The molecule has 5 nitrogen and oxygen atoms in total. The average molecular weight is 289 g/mol. The molecule has 0 radical (unpaired) electrons. The molecule has 2 rings (SSSR count). The van der Waals surface area contributed by atoms with Gasteiger partial charge in [0, 0.05) is 12.1 Å². The molecule has 6 heteroatoms. The molecule has 108 valence electrons. The van der Waals surface area contributed by atoms with Gasteiger partial charge in [-0.2, -0.15) is 0 Å². The fourth-order valence-electron chi connectivity index (χ4n) is 1.84. The standard InChI is InChI=1S/C15H12FNO4/c1-2-21-15(18)13-8-5-11(9-14(13)16)10-3-6-12(7-4-10)17(19)20/h3-9H,2H2,1H3.